The molecule has 4 nitrogen and oxygen atoms in total. The molecule has 2 rings (SSSR count). The highest BCUT2D eigenvalue weighted by molar-refractivity contribution is 6.39. The molecule has 1 aliphatic rings. The number of halogens is 2. The van der Waals surface area contributed by atoms with Gasteiger partial charge in [0.25, 0.3) is 0 Å². The number of fused-ring (bicyclic) bond motifs is 1. The Balaban J connectivity index is 2.79. The van der Waals surface area contributed by atoms with Gasteiger partial charge in [-0.1, -0.05) is 23.2 Å². The summed E-state index contributed by atoms with van der Waals surface area (Å²) in [6, 6.07) is 1.36. The van der Waals surface area contributed by atoms with Crippen molar-refractivity contribution in [1.29, 1.82) is 0 Å². The predicted octanol–water partition coefficient (Wildman–Crippen LogP) is 3.31. The van der Waals surface area contributed by atoms with E-state index in [9.17, 15) is 9.59 Å². The third-order valence-electron chi connectivity index (χ3n) is 2.45. The van der Waals surface area contributed by atoms with Crippen LogP contribution in [0, 0.1) is 0 Å². The van der Waals surface area contributed by atoms with Gasteiger partial charge < -0.3 is 4.74 Å². The lowest BCUT2D eigenvalue weighted by Gasteiger charge is -2.15. The molecule has 1 aromatic rings. The van der Waals surface area contributed by atoms with E-state index < -0.39 is 5.60 Å². The van der Waals surface area contributed by atoms with E-state index in [-0.39, 0.29) is 32.8 Å². The van der Waals surface area contributed by atoms with Crippen LogP contribution in [0.2, 0.25) is 10.0 Å². The number of nitrogens with zero attached hydrogens (tertiary/aromatic N) is 1. The summed E-state index contributed by atoms with van der Waals surface area (Å²) < 4.78 is 5.46. The third-order valence-corrected chi connectivity index (χ3v) is 3.04. The van der Waals surface area contributed by atoms with Crippen molar-refractivity contribution < 1.29 is 14.3 Å². The smallest absolute Gasteiger partial charge is 0.240 e. The van der Waals surface area contributed by atoms with Crippen molar-refractivity contribution in [2.75, 3.05) is 0 Å². The molecule has 1 heterocycles. The lowest BCUT2D eigenvalue weighted by Crippen LogP contribution is -2.32. The minimum Gasteiger partial charge on any atom is -0.477 e. The number of ether oxygens (including phenoxy) is 1. The average Bonchev–Trinajstić information content (AvgIpc) is 2.45. The Morgan fingerprint density at radius 2 is 2.00 bits per heavy atom. The van der Waals surface area contributed by atoms with E-state index in [0.29, 0.717) is 0 Å². The summed E-state index contributed by atoms with van der Waals surface area (Å²) in [5.41, 5.74) is -0.751. The molecule has 1 aromatic carbocycles. The van der Waals surface area contributed by atoms with Gasteiger partial charge in [0.15, 0.2) is 11.4 Å². The monoisotopic (exact) mass is 271 g/mol. The summed E-state index contributed by atoms with van der Waals surface area (Å²) in [5.74, 6) is -0.127. The van der Waals surface area contributed by atoms with E-state index >= 15 is 0 Å². The number of aliphatic imine (C=N–C) groups is 1. The van der Waals surface area contributed by atoms with Crippen molar-refractivity contribution in [2.24, 2.45) is 4.99 Å². The first-order valence-electron chi connectivity index (χ1n) is 4.72. The average molecular weight is 272 g/mol. The summed E-state index contributed by atoms with van der Waals surface area (Å²) in [6.07, 6.45) is 1.37. The Morgan fingerprint density at radius 1 is 1.35 bits per heavy atom. The van der Waals surface area contributed by atoms with Crippen LogP contribution < -0.4 is 4.74 Å². The van der Waals surface area contributed by atoms with E-state index in [0.717, 1.165) is 0 Å². The molecule has 0 aromatic heterocycles. The van der Waals surface area contributed by atoms with Gasteiger partial charge in [-0.3, -0.25) is 4.79 Å². The van der Waals surface area contributed by atoms with Crippen molar-refractivity contribution in [1.82, 2.24) is 0 Å². The largest absolute Gasteiger partial charge is 0.477 e. The topological polar surface area (TPSA) is 55.7 Å². The molecule has 0 bridgehead atoms. The van der Waals surface area contributed by atoms with Gasteiger partial charge in [0.1, 0.15) is 5.69 Å². The highest BCUT2D eigenvalue weighted by atomic mass is 35.5. The zero-order valence-electron chi connectivity index (χ0n) is 9.01. The Bertz CT molecular complexity index is 575. The van der Waals surface area contributed by atoms with E-state index in [2.05, 4.69) is 4.99 Å². The fourth-order valence-electron chi connectivity index (χ4n) is 1.65. The minimum atomic E-state index is -1.04. The van der Waals surface area contributed by atoms with Crippen LogP contribution in [0.15, 0.2) is 11.1 Å². The zero-order chi connectivity index (χ0) is 12.8. The number of ketones is 1. The minimum absolute atomic E-state index is 0.0833. The zero-order valence-corrected chi connectivity index (χ0v) is 10.5. The first-order chi connectivity index (χ1) is 7.88. The number of carbonyl (C=O) groups is 1. The quantitative estimate of drug-likeness (QED) is 0.582. The lowest BCUT2D eigenvalue weighted by molar-refractivity contribution is 0.0685. The van der Waals surface area contributed by atoms with Crippen molar-refractivity contribution in [2.45, 2.75) is 19.4 Å². The van der Waals surface area contributed by atoms with Crippen LogP contribution in [0.3, 0.4) is 0 Å². The fourth-order valence-corrected chi connectivity index (χ4v) is 2.22. The molecular weight excluding hydrogens is 265 g/mol. The van der Waals surface area contributed by atoms with Crippen LogP contribution in [0.4, 0.5) is 5.69 Å². The molecule has 0 spiro atoms. The normalized spacial score (nSPS) is 16.1. The summed E-state index contributed by atoms with van der Waals surface area (Å²) in [7, 11) is 0. The van der Waals surface area contributed by atoms with Crippen LogP contribution in [-0.4, -0.2) is 17.5 Å². The number of rotatable bonds is 1. The van der Waals surface area contributed by atoms with Gasteiger partial charge in [-0.2, -0.15) is 4.99 Å². The lowest BCUT2D eigenvalue weighted by atomic mass is 9.99. The van der Waals surface area contributed by atoms with Gasteiger partial charge in [-0.25, -0.2) is 4.79 Å². The van der Waals surface area contributed by atoms with Gasteiger partial charge in [0.2, 0.25) is 11.9 Å². The second kappa shape index (κ2) is 3.84. The van der Waals surface area contributed by atoms with Crippen LogP contribution >= 0.6 is 23.2 Å². The Morgan fingerprint density at radius 3 is 2.59 bits per heavy atom. The van der Waals surface area contributed by atoms with E-state index in [4.69, 9.17) is 27.9 Å². The number of hydrogen-bond acceptors (Lipinski definition) is 4. The van der Waals surface area contributed by atoms with Gasteiger partial charge in [-0.15, -0.1) is 0 Å². The van der Waals surface area contributed by atoms with Crippen LogP contribution in [-0.2, 0) is 4.79 Å². The number of isocyanates is 1. The van der Waals surface area contributed by atoms with E-state index in [1.807, 2.05) is 0 Å². The van der Waals surface area contributed by atoms with Gasteiger partial charge in [0.05, 0.1) is 15.6 Å². The molecule has 0 saturated heterocycles. The highest BCUT2D eigenvalue weighted by Gasteiger charge is 2.43. The van der Waals surface area contributed by atoms with Gasteiger partial charge in [-0.05, 0) is 19.9 Å². The second-order valence-corrected chi connectivity index (χ2v) is 4.85. The maximum Gasteiger partial charge on any atom is 0.240 e. The molecule has 0 saturated carbocycles. The molecule has 0 amide bonds. The molecule has 0 unspecified atom stereocenters. The molecule has 0 fully saturated rings. The number of Topliss-reactive ketones (excluding diaryl/α,β-unsaturated/α-hetero) is 1. The molecule has 17 heavy (non-hydrogen) atoms. The third kappa shape index (κ3) is 1.75. The fraction of sp³-hybridized carbons (Fsp3) is 0.273. The van der Waals surface area contributed by atoms with Crippen molar-refractivity contribution in [3.63, 3.8) is 0 Å². The maximum absolute atomic E-state index is 12.0. The maximum atomic E-state index is 12.0. The molecule has 0 aliphatic carbocycles. The highest BCUT2D eigenvalue weighted by Crippen LogP contribution is 2.48. The summed E-state index contributed by atoms with van der Waals surface area (Å²) in [4.78, 5) is 25.8. The number of hydrogen-bond donors (Lipinski definition) is 0. The van der Waals surface area contributed by atoms with Crippen molar-refractivity contribution >= 4 is 40.8 Å². The van der Waals surface area contributed by atoms with Crippen molar-refractivity contribution in [3.8, 4) is 5.75 Å². The molecule has 6 heteroatoms. The summed E-state index contributed by atoms with van der Waals surface area (Å²) in [5, 5.41) is 0.327. The van der Waals surface area contributed by atoms with Crippen LogP contribution in [0.25, 0.3) is 0 Å². The standard InChI is InChI=1S/C11H7Cl2NO3/c1-11(2)10(16)7-5(12)3-6(13)8(14-4-15)9(7)17-11/h3H,1-2H3. The predicted molar refractivity (Wildman–Crippen MR) is 63.3 cm³/mol. The molecule has 88 valence electrons. The van der Waals surface area contributed by atoms with Gasteiger partial charge in [0, 0.05) is 0 Å². The van der Waals surface area contributed by atoms with E-state index in [1.54, 1.807) is 13.8 Å². The molecule has 0 radical (unpaired) electrons. The second-order valence-electron chi connectivity index (χ2n) is 4.04. The Labute approximate surface area is 107 Å². The molecular formula is C11H7Cl2NO3. The van der Waals surface area contributed by atoms with E-state index in [1.165, 1.54) is 12.1 Å². The first kappa shape index (κ1) is 12.1. The number of carbonyl (C=O) groups excluding carboxylic acids is 2. The van der Waals surface area contributed by atoms with Crippen LogP contribution in [0.1, 0.15) is 24.2 Å². The van der Waals surface area contributed by atoms with Crippen molar-refractivity contribution in [3.05, 3.63) is 21.7 Å². The summed E-state index contributed by atoms with van der Waals surface area (Å²) in [6.45, 7) is 3.21. The number of benzene rings is 1. The Hall–Kier alpha value is -1.35. The summed E-state index contributed by atoms with van der Waals surface area (Å²) >= 11 is 11.8. The SMILES string of the molecule is CC1(C)Oc2c(N=C=O)c(Cl)cc(Cl)c2C1=O. The Kier molecular flexibility index (Phi) is 2.74. The first-order valence-corrected chi connectivity index (χ1v) is 5.47. The van der Waals surface area contributed by atoms with Crippen LogP contribution in [0.5, 0.6) is 5.75 Å². The molecule has 0 N–H and O–H groups in total. The van der Waals surface area contributed by atoms with Gasteiger partial charge >= 0.3 is 0 Å². The molecule has 1 aliphatic heterocycles. The molecule has 0 atom stereocenters.